The Hall–Kier alpha value is -3.40. The summed E-state index contributed by atoms with van der Waals surface area (Å²) in [5.41, 5.74) is 5.52. The van der Waals surface area contributed by atoms with Gasteiger partial charge in [-0.25, -0.2) is 4.98 Å². The van der Waals surface area contributed by atoms with E-state index in [1.807, 2.05) is 67.6 Å². The number of aromatic nitrogens is 1. The van der Waals surface area contributed by atoms with Crippen molar-refractivity contribution in [2.75, 3.05) is 5.32 Å². The lowest BCUT2D eigenvalue weighted by atomic mass is 10.1. The van der Waals surface area contributed by atoms with Crippen molar-refractivity contribution in [2.45, 2.75) is 26.2 Å². The standard InChI is InChI=1S/C24H22N2O2/c1-17-8-5-6-12-20(17)24-26-21-16-19(14-15-22(21)28-24)25-23(27)13-7-11-18-9-3-2-4-10-18/h2-6,8-10,12,14-16H,7,11,13H2,1H3,(H,25,27). The largest absolute Gasteiger partial charge is 0.436 e. The quantitative estimate of drug-likeness (QED) is 0.469. The molecule has 1 N–H and O–H groups in total. The van der Waals surface area contributed by atoms with Gasteiger partial charge in [0.1, 0.15) is 5.52 Å². The molecule has 0 saturated heterocycles. The number of hydrogen-bond acceptors (Lipinski definition) is 3. The first-order valence-corrected chi connectivity index (χ1v) is 9.49. The van der Waals surface area contributed by atoms with Gasteiger partial charge in [0.05, 0.1) is 0 Å². The molecule has 0 aliphatic carbocycles. The number of anilines is 1. The van der Waals surface area contributed by atoms with Gasteiger partial charge < -0.3 is 9.73 Å². The SMILES string of the molecule is Cc1ccccc1-c1nc2cc(NC(=O)CCCc3ccccc3)ccc2o1. The van der Waals surface area contributed by atoms with Crippen LogP contribution in [0.4, 0.5) is 5.69 Å². The van der Waals surface area contributed by atoms with Crippen LogP contribution in [-0.4, -0.2) is 10.9 Å². The molecule has 0 spiro atoms. The minimum Gasteiger partial charge on any atom is -0.436 e. The third-order valence-electron chi connectivity index (χ3n) is 4.76. The van der Waals surface area contributed by atoms with Crippen LogP contribution in [0.5, 0.6) is 0 Å². The zero-order chi connectivity index (χ0) is 19.3. The number of nitrogens with zero attached hydrogens (tertiary/aromatic N) is 1. The highest BCUT2D eigenvalue weighted by atomic mass is 16.3. The Bertz CT molecular complexity index is 1100. The molecule has 0 saturated carbocycles. The minimum absolute atomic E-state index is 0.0119. The number of carbonyl (C=O) groups is 1. The predicted octanol–water partition coefficient (Wildman–Crippen LogP) is 5.76. The maximum atomic E-state index is 12.3. The van der Waals surface area contributed by atoms with Gasteiger partial charge in [-0.05, 0) is 55.2 Å². The highest BCUT2D eigenvalue weighted by Gasteiger charge is 2.11. The second-order valence-electron chi connectivity index (χ2n) is 6.90. The van der Waals surface area contributed by atoms with E-state index in [4.69, 9.17) is 4.42 Å². The number of oxazole rings is 1. The summed E-state index contributed by atoms with van der Waals surface area (Å²) >= 11 is 0. The second kappa shape index (κ2) is 8.09. The van der Waals surface area contributed by atoms with Gasteiger partial charge >= 0.3 is 0 Å². The van der Waals surface area contributed by atoms with Crippen LogP contribution in [0.15, 0.2) is 77.2 Å². The molecule has 0 fully saturated rings. The van der Waals surface area contributed by atoms with E-state index in [-0.39, 0.29) is 5.91 Å². The summed E-state index contributed by atoms with van der Waals surface area (Å²) in [6, 6.07) is 23.8. The van der Waals surface area contributed by atoms with Gasteiger partial charge in [-0.15, -0.1) is 0 Å². The number of fused-ring (bicyclic) bond motifs is 1. The van der Waals surface area contributed by atoms with Crippen molar-refractivity contribution >= 4 is 22.7 Å². The van der Waals surface area contributed by atoms with Crippen molar-refractivity contribution in [3.63, 3.8) is 0 Å². The Morgan fingerprint density at radius 1 is 1.00 bits per heavy atom. The van der Waals surface area contributed by atoms with Gasteiger partial charge in [-0.1, -0.05) is 48.5 Å². The smallest absolute Gasteiger partial charge is 0.227 e. The summed E-state index contributed by atoms with van der Waals surface area (Å²) in [4.78, 5) is 16.9. The highest BCUT2D eigenvalue weighted by Crippen LogP contribution is 2.28. The summed E-state index contributed by atoms with van der Waals surface area (Å²) in [7, 11) is 0. The molecule has 1 aromatic heterocycles. The molecular formula is C24H22N2O2. The Morgan fingerprint density at radius 3 is 2.61 bits per heavy atom. The van der Waals surface area contributed by atoms with Crippen LogP contribution in [0.2, 0.25) is 0 Å². The maximum Gasteiger partial charge on any atom is 0.227 e. The molecule has 1 heterocycles. The van der Waals surface area contributed by atoms with Crippen LogP contribution < -0.4 is 5.32 Å². The lowest BCUT2D eigenvalue weighted by molar-refractivity contribution is -0.116. The maximum absolute atomic E-state index is 12.3. The lowest BCUT2D eigenvalue weighted by Crippen LogP contribution is -2.11. The van der Waals surface area contributed by atoms with Gasteiger partial charge in [0.15, 0.2) is 5.58 Å². The van der Waals surface area contributed by atoms with Gasteiger partial charge in [0.25, 0.3) is 0 Å². The van der Waals surface area contributed by atoms with Crippen LogP contribution in [-0.2, 0) is 11.2 Å². The van der Waals surface area contributed by atoms with Crippen molar-refractivity contribution in [3.8, 4) is 11.5 Å². The molecule has 4 heteroatoms. The number of rotatable bonds is 6. The van der Waals surface area contributed by atoms with Crippen molar-refractivity contribution in [1.29, 1.82) is 0 Å². The Kier molecular flexibility index (Phi) is 5.20. The zero-order valence-electron chi connectivity index (χ0n) is 15.8. The number of benzene rings is 3. The number of carbonyl (C=O) groups excluding carboxylic acids is 1. The fraction of sp³-hybridized carbons (Fsp3) is 0.167. The van der Waals surface area contributed by atoms with Crippen molar-refractivity contribution in [3.05, 3.63) is 83.9 Å². The fourth-order valence-corrected chi connectivity index (χ4v) is 3.25. The molecule has 28 heavy (non-hydrogen) atoms. The summed E-state index contributed by atoms with van der Waals surface area (Å²) < 4.78 is 5.88. The van der Waals surface area contributed by atoms with Gasteiger partial charge in [0.2, 0.25) is 11.8 Å². The Balaban J connectivity index is 1.41. The average molecular weight is 370 g/mol. The van der Waals surface area contributed by atoms with E-state index < -0.39 is 0 Å². The van der Waals surface area contributed by atoms with E-state index >= 15 is 0 Å². The third-order valence-corrected chi connectivity index (χ3v) is 4.76. The van der Waals surface area contributed by atoms with Crippen molar-refractivity contribution in [2.24, 2.45) is 0 Å². The zero-order valence-corrected chi connectivity index (χ0v) is 15.8. The number of hydrogen-bond donors (Lipinski definition) is 1. The molecule has 0 unspecified atom stereocenters. The molecule has 4 rings (SSSR count). The van der Waals surface area contributed by atoms with E-state index in [1.165, 1.54) is 5.56 Å². The van der Waals surface area contributed by atoms with Gasteiger partial charge in [0, 0.05) is 17.7 Å². The van der Waals surface area contributed by atoms with E-state index in [9.17, 15) is 4.79 Å². The van der Waals surface area contributed by atoms with Crippen LogP contribution in [0.1, 0.15) is 24.0 Å². The summed E-state index contributed by atoms with van der Waals surface area (Å²) in [5.74, 6) is 0.609. The summed E-state index contributed by atoms with van der Waals surface area (Å²) in [6.45, 7) is 2.03. The van der Waals surface area contributed by atoms with Crippen LogP contribution >= 0.6 is 0 Å². The molecule has 4 nitrogen and oxygen atoms in total. The fourth-order valence-electron chi connectivity index (χ4n) is 3.25. The lowest BCUT2D eigenvalue weighted by Gasteiger charge is -2.05. The third kappa shape index (κ3) is 4.12. The van der Waals surface area contributed by atoms with E-state index in [0.29, 0.717) is 17.9 Å². The van der Waals surface area contributed by atoms with E-state index in [0.717, 1.165) is 35.2 Å². The Labute approximate surface area is 164 Å². The molecule has 0 radical (unpaired) electrons. The van der Waals surface area contributed by atoms with Crippen LogP contribution in [0.3, 0.4) is 0 Å². The molecular weight excluding hydrogens is 348 g/mol. The molecule has 0 aliphatic rings. The highest BCUT2D eigenvalue weighted by molar-refractivity contribution is 5.93. The number of nitrogens with one attached hydrogen (secondary N) is 1. The predicted molar refractivity (Wildman–Crippen MR) is 112 cm³/mol. The summed E-state index contributed by atoms with van der Waals surface area (Å²) in [5, 5.41) is 2.96. The van der Waals surface area contributed by atoms with E-state index in [2.05, 4.69) is 22.4 Å². The topological polar surface area (TPSA) is 55.1 Å². The Morgan fingerprint density at radius 2 is 1.79 bits per heavy atom. The molecule has 140 valence electrons. The molecule has 0 bridgehead atoms. The van der Waals surface area contributed by atoms with Crippen molar-refractivity contribution < 1.29 is 9.21 Å². The molecule has 1 amide bonds. The molecule has 4 aromatic rings. The minimum atomic E-state index is 0.0119. The van der Waals surface area contributed by atoms with E-state index in [1.54, 1.807) is 0 Å². The molecule has 0 aliphatic heterocycles. The average Bonchev–Trinajstić information content (AvgIpc) is 3.12. The number of aryl methyl sites for hydroxylation is 2. The van der Waals surface area contributed by atoms with Crippen LogP contribution in [0.25, 0.3) is 22.6 Å². The first-order chi connectivity index (χ1) is 13.7. The van der Waals surface area contributed by atoms with Crippen LogP contribution in [0, 0.1) is 6.92 Å². The van der Waals surface area contributed by atoms with Gasteiger partial charge in [-0.3, -0.25) is 4.79 Å². The second-order valence-corrected chi connectivity index (χ2v) is 6.90. The molecule has 3 aromatic carbocycles. The summed E-state index contributed by atoms with van der Waals surface area (Å²) in [6.07, 6.45) is 2.20. The monoisotopic (exact) mass is 370 g/mol. The first-order valence-electron chi connectivity index (χ1n) is 9.49. The molecule has 0 atom stereocenters. The number of amides is 1. The van der Waals surface area contributed by atoms with Crippen molar-refractivity contribution in [1.82, 2.24) is 4.98 Å². The van der Waals surface area contributed by atoms with Gasteiger partial charge in [-0.2, -0.15) is 0 Å². The normalized spacial score (nSPS) is 10.9. The first kappa shape index (κ1) is 18.0.